The second kappa shape index (κ2) is 14.3. The van der Waals surface area contributed by atoms with Gasteiger partial charge in [-0.25, -0.2) is 9.78 Å². The normalized spacial score (nSPS) is 18.3. The van der Waals surface area contributed by atoms with E-state index >= 15 is 0 Å². The maximum absolute atomic E-state index is 14.1. The summed E-state index contributed by atoms with van der Waals surface area (Å²) in [7, 11) is 0. The van der Waals surface area contributed by atoms with Gasteiger partial charge in [0.25, 0.3) is 0 Å². The first kappa shape index (κ1) is 38.1. The molecule has 3 amide bonds. The standard InChI is InChI=1S/C38H41F6N5O4/c1-35(2,3)53-34(52)46-31-20-24(8-13-45-31)22-47-14-9-26(10-15-47)32(50)48-16-11-36(12-17-48)29-6-4-5-7-30(29)49(33(36)51)23-25-18-27(37(39,40)41)21-28(19-25)38(42,43)44/h4-8,13,18-21,26H,9-12,14-17,22-23H2,1-3H3,(H,45,46,52). The van der Waals surface area contributed by atoms with Gasteiger partial charge < -0.3 is 14.5 Å². The van der Waals surface area contributed by atoms with Crippen LogP contribution in [-0.2, 0) is 45.2 Å². The third kappa shape index (κ3) is 8.45. The minimum atomic E-state index is -5.01. The molecule has 0 radical (unpaired) electrons. The number of piperidine rings is 2. The number of aromatic nitrogens is 1. The minimum absolute atomic E-state index is 0.00601. The van der Waals surface area contributed by atoms with Crippen molar-refractivity contribution in [2.75, 3.05) is 36.4 Å². The Labute approximate surface area is 303 Å². The van der Waals surface area contributed by atoms with Crippen molar-refractivity contribution >= 4 is 29.4 Å². The van der Waals surface area contributed by atoms with Crippen LogP contribution in [0.3, 0.4) is 0 Å². The van der Waals surface area contributed by atoms with Crippen LogP contribution in [0, 0.1) is 5.92 Å². The van der Waals surface area contributed by atoms with E-state index in [2.05, 4.69) is 15.2 Å². The van der Waals surface area contributed by atoms with Crippen LogP contribution in [0.15, 0.2) is 60.8 Å². The average Bonchev–Trinajstić information content (AvgIpc) is 3.29. The topological polar surface area (TPSA) is 95.1 Å². The number of nitrogens with one attached hydrogen (secondary N) is 1. The fraction of sp³-hybridized carbons (Fsp3) is 0.474. The molecule has 0 saturated carbocycles. The molecule has 15 heteroatoms. The van der Waals surface area contributed by atoms with Crippen molar-refractivity contribution in [3.8, 4) is 0 Å². The van der Waals surface area contributed by atoms with Gasteiger partial charge in [0, 0.05) is 37.4 Å². The molecule has 0 bridgehead atoms. The molecule has 0 unspecified atom stereocenters. The lowest BCUT2D eigenvalue weighted by Gasteiger charge is -2.41. The van der Waals surface area contributed by atoms with Crippen molar-refractivity contribution in [3.63, 3.8) is 0 Å². The summed E-state index contributed by atoms with van der Waals surface area (Å²) >= 11 is 0. The van der Waals surface area contributed by atoms with Gasteiger partial charge in [-0.05, 0) is 113 Å². The Balaban J connectivity index is 1.07. The highest BCUT2D eigenvalue weighted by atomic mass is 19.4. The first-order chi connectivity index (χ1) is 24.8. The molecule has 3 aliphatic rings. The molecule has 284 valence electrons. The Kier molecular flexibility index (Phi) is 10.3. The summed E-state index contributed by atoms with van der Waals surface area (Å²) in [6.07, 6.45) is -7.16. The number of para-hydroxylation sites is 1. The number of halogens is 6. The fourth-order valence-electron chi connectivity index (χ4n) is 7.54. The van der Waals surface area contributed by atoms with Crippen LogP contribution in [0.4, 0.5) is 42.6 Å². The summed E-state index contributed by atoms with van der Waals surface area (Å²) in [6, 6.07) is 11.9. The number of hydrogen-bond donors (Lipinski definition) is 1. The van der Waals surface area contributed by atoms with E-state index in [1.54, 1.807) is 62.2 Å². The molecule has 4 heterocycles. The lowest BCUT2D eigenvalue weighted by Crippen LogP contribution is -2.52. The number of rotatable bonds is 6. The molecule has 2 aromatic carbocycles. The first-order valence-electron chi connectivity index (χ1n) is 17.5. The highest BCUT2D eigenvalue weighted by Crippen LogP contribution is 2.49. The highest BCUT2D eigenvalue weighted by molar-refractivity contribution is 6.08. The van der Waals surface area contributed by atoms with Gasteiger partial charge in [0.1, 0.15) is 11.4 Å². The second-order valence-corrected chi connectivity index (χ2v) is 15.0. The molecule has 9 nitrogen and oxygen atoms in total. The van der Waals surface area contributed by atoms with E-state index in [1.165, 1.54) is 4.90 Å². The lowest BCUT2D eigenvalue weighted by atomic mass is 9.73. The summed E-state index contributed by atoms with van der Waals surface area (Å²) in [5.74, 6) is -0.214. The van der Waals surface area contributed by atoms with E-state index in [9.17, 15) is 40.7 Å². The van der Waals surface area contributed by atoms with Gasteiger partial charge in [-0.2, -0.15) is 26.3 Å². The molecule has 3 aliphatic heterocycles. The SMILES string of the molecule is CC(C)(C)OC(=O)Nc1cc(CN2CCC(C(=O)N3CCC4(CC3)C(=O)N(Cc3cc(C(F)(F)F)cc(C(F)(F)F)c3)c3ccccc34)CC2)ccn1. The van der Waals surface area contributed by atoms with Gasteiger partial charge in [0.15, 0.2) is 0 Å². The van der Waals surface area contributed by atoms with Crippen LogP contribution in [0.2, 0.25) is 0 Å². The van der Waals surface area contributed by atoms with Gasteiger partial charge in [0.2, 0.25) is 11.8 Å². The summed E-state index contributed by atoms with van der Waals surface area (Å²) in [6.45, 7) is 7.40. The maximum Gasteiger partial charge on any atom is 0.416 e. The van der Waals surface area contributed by atoms with Gasteiger partial charge in [-0.3, -0.25) is 19.8 Å². The van der Waals surface area contributed by atoms with Crippen LogP contribution in [0.5, 0.6) is 0 Å². The molecule has 6 rings (SSSR count). The Morgan fingerprint density at radius 1 is 0.849 bits per heavy atom. The van der Waals surface area contributed by atoms with Crippen molar-refractivity contribution in [2.24, 2.45) is 5.92 Å². The van der Waals surface area contributed by atoms with Crippen LogP contribution in [-0.4, -0.2) is 64.5 Å². The second-order valence-electron chi connectivity index (χ2n) is 15.0. The third-order valence-corrected chi connectivity index (χ3v) is 10.1. The number of ether oxygens (including phenoxy) is 1. The van der Waals surface area contributed by atoms with Gasteiger partial charge >= 0.3 is 18.4 Å². The molecular weight excluding hydrogens is 704 g/mol. The molecule has 3 aromatic rings. The Morgan fingerprint density at radius 3 is 2.08 bits per heavy atom. The van der Waals surface area contributed by atoms with Crippen molar-refractivity contribution < 1.29 is 45.5 Å². The van der Waals surface area contributed by atoms with Crippen molar-refractivity contribution in [2.45, 2.75) is 82.9 Å². The van der Waals surface area contributed by atoms with E-state index in [-0.39, 0.29) is 36.3 Å². The van der Waals surface area contributed by atoms with Crippen molar-refractivity contribution in [3.05, 3.63) is 88.6 Å². The number of alkyl halides is 6. The van der Waals surface area contributed by atoms with Crippen LogP contribution in [0.1, 0.15) is 74.3 Å². The Hall–Kier alpha value is -4.66. The zero-order valence-electron chi connectivity index (χ0n) is 29.6. The van der Waals surface area contributed by atoms with Crippen molar-refractivity contribution in [1.29, 1.82) is 0 Å². The van der Waals surface area contributed by atoms with E-state index in [0.717, 1.165) is 5.56 Å². The number of nitrogens with zero attached hydrogens (tertiary/aromatic N) is 4. The minimum Gasteiger partial charge on any atom is -0.444 e. The first-order valence-corrected chi connectivity index (χ1v) is 17.5. The molecule has 0 aliphatic carbocycles. The molecule has 1 aromatic heterocycles. The molecule has 2 fully saturated rings. The molecule has 1 spiro atoms. The molecule has 1 N–H and O–H groups in total. The van der Waals surface area contributed by atoms with Crippen LogP contribution in [0.25, 0.3) is 0 Å². The number of hydrogen-bond acceptors (Lipinski definition) is 6. The zero-order chi connectivity index (χ0) is 38.3. The summed E-state index contributed by atoms with van der Waals surface area (Å²) in [4.78, 5) is 49.5. The number of anilines is 2. The van der Waals surface area contributed by atoms with E-state index in [4.69, 9.17) is 4.74 Å². The molecule has 2 saturated heterocycles. The number of amides is 3. The Bertz CT molecular complexity index is 1830. The fourth-order valence-corrected chi connectivity index (χ4v) is 7.54. The molecule has 53 heavy (non-hydrogen) atoms. The zero-order valence-corrected chi connectivity index (χ0v) is 29.6. The number of carbonyl (C=O) groups is 3. The third-order valence-electron chi connectivity index (χ3n) is 10.1. The number of carbonyl (C=O) groups excluding carboxylic acids is 3. The quantitative estimate of drug-likeness (QED) is 0.259. The predicted octanol–water partition coefficient (Wildman–Crippen LogP) is 7.79. The van der Waals surface area contributed by atoms with Gasteiger partial charge in [0.05, 0.1) is 23.1 Å². The highest BCUT2D eigenvalue weighted by Gasteiger charge is 2.52. The van der Waals surface area contributed by atoms with Crippen molar-refractivity contribution in [1.82, 2.24) is 14.8 Å². The average molecular weight is 746 g/mol. The molecular formula is C38H41F6N5O4. The number of pyridine rings is 1. The monoisotopic (exact) mass is 745 g/mol. The van der Waals surface area contributed by atoms with Gasteiger partial charge in [-0.1, -0.05) is 18.2 Å². The van der Waals surface area contributed by atoms with Crippen LogP contribution < -0.4 is 10.2 Å². The van der Waals surface area contributed by atoms with Gasteiger partial charge in [-0.15, -0.1) is 0 Å². The summed E-state index contributed by atoms with van der Waals surface area (Å²) < 4.78 is 86.8. The smallest absolute Gasteiger partial charge is 0.416 e. The number of fused-ring (bicyclic) bond motifs is 2. The predicted molar refractivity (Wildman–Crippen MR) is 184 cm³/mol. The van der Waals surface area contributed by atoms with Crippen LogP contribution >= 0.6 is 0 Å². The van der Waals surface area contributed by atoms with E-state index in [1.807, 2.05) is 6.07 Å². The molecule has 0 atom stereocenters. The largest absolute Gasteiger partial charge is 0.444 e. The number of benzene rings is 2. The van der Waals surface area contributed by atoms with E-state index < -0.39 is 53.0 Å². The lowest BCUT2D eigenvalue weighted by molar-refractivity contribution is -0.143. The Morgan fingerprint density at radius 2 is 1.47 bits per heavy atom. The summed E-state index contributed by atoms with van der Waals surface area (Å²) in [5.41, 5.74) is -2.80. The number of likely N-dealkylation sites (tertiary alicyclic amines) is 2. The maximum atomic E-state index is 14.1. The summed E-state index contributed by atoms with van der Waals surface area (Å²) in [5, 5.41) is 2.65. The van der Waals surface area contributed by atoms with E-state index in [0.29, 0.717) is 74.8 Å².